The van der Waals surface area contributed by atoms with Crippen molar-refractivity contribution in [2.45, 2.75) is 68.8 Å². The molecule has 4 saturated carbocycles. The van der Waals surface area contributed by atoms with E-state index >= 15 is 0 Å². The van der Waals surface area contributed by atoms with E-state index in [1.165, 1.54) is 43.2 Å². The Hall–Kier alpha value is -7.27. The molecular formula is C48H38N4O6. The molecule has 0 atom stereocenters. The van der Waals surface area contributed by atoms with Gasteiger partial charge in [0, 0.05) is 16.7 Å². The van der Waals surface area contributed by atoms with Crippen LogP contribution in [-0.4, -0.2) is 5.97 Å². The molecular weight excluding hydrogens is 729 g/mol. The topological polar surface area (TPSA) is 158 Å². The largest absolute Gasteiger partial charge is 0.441 e. The molecule has 5 aromatic carbocycles. The van der Waals surface area contributed by atoms with Crippen molar-refractivity contribution in [2.24, 2.45) is 10.8 Å². The Bertz CT molecular complexity index is 2380. The summed E-state index contributed by atoms with van der Waals surface area (Å²) in [5.74, 6) is 1.55. The lowest BCUT2D eigenvalue weighted by molar-refractivity contribution is -0.126. The summed E-state index contributed by atoms with van der Waals surface area (Å²) in [7, 11) is 0. The van der Waals surface area contributed by atoms with Gasteiger partial charge in [-0.05, 0) is 126 Å². The van der Waals surface area contributed by atoms with Crippen molar-refractivity contribution in [1.82, 2.24) is 0 Å². The van der Waals surface area contributed by atoms with E-state index in [9.17, 15) is 4.79 Å². The van der Waals surface area contributed by atoms with Crippen LogP contribution < -0.4 is 18.9 Å². The Morgan fingerprint density at radius 3 is 1.17 bits per heavy atom. The number of rotatable bonds is 8. The molecule has 0 unspecified atom stereocenters. The van der Waals surface area contributed by atoms with Crippen LogP contribution in [0.5, 0.6) is 23.0 Å². The Morgan fingerprint density at radius 2 is 0.810 bits per heavy atom. The Labute approximate surface area is 337 Å². The highest BCUT2D eigenvalue weighted by molar-refractivity contribution is 5.96. The highest BCUT2D eigenvalue weighted by atomic mass is 16.6. The van der Waals surface area contributed by atoms with Crippen LogP contribution in [0.2, 0.25) is 0 Å². The number of carbonyl (C=O) groups excluding carboxylic acids is 1. The number of ether oxygens (including phenoxy) is 5. The number of nitrogens with zero attached hydrogens (tertiary/aromatic N) is 4. The standard InChI is InChI=1S/C26H26N2O2.C22H12N2O4/c1-23-11-24(2)14-25(12-23,19-3-7-21(8-4-19)29-17-27)16-26(13-23,15-24)20-5-9-22(10-6-20)30-18-28;23-13-26-17-9-5-15(6-10-17)22(16-7-11-18(12-8-16)27-14-24)20-4-2-1-3-19(20)21(25)28-22/h3-10H,11-16H2,1-2H3;1-12H. The minimum Gasteiger partial charge on any atom is -0.441 e. The molecule has 1 heterocycles. The number of nitriles is 4. The number of fused-ring (bicyclic) bond motifs is 1. The maximum atomic E-state index is 12.6. The first kappa shape index (κ1) is 37.6. The molecule has 286 valence electrons. The van der Waals surface area contributed by atoms with E-state index in [0.717, 1.165) is 6.42 Å². The van der Waals surface area contributed by atoms with Crippen molar-refractivity contribution < 1.29 is 28.5 Å². The second kappa shape index (κ2) is 14.3. The van der Waals surface area contributed by atoms with E-state index in [-0.39, 0.29) is 10.8 Å². The van der Waals surface area contributed by atoms with Gasteiger partial charge in [-0.15, -0.1) is 21.0 Å². The maximum Gasteiger partial charge on any atom is 0.340 e. The molecule has 10 heteroatoms. The number of benzene rings is 5. The molecule has 4 aliphatic carbocycles. The fourth-order valence-corrected chi connectivity index (χ4v) is 11.6. The highest BCUT2D eigenvalue weighted by Crippen LogP contribution is 2.74. The zero-order valence-corrected chi connectivity index (χ0v) is 32.0. The first-order valence-electron chi connectivity index (χ1n) is 19.0. The molecule has 10 rings (SSSR count). The van der Waals surface area contributed by atoms with Gasteiger partial charge in [-0.3, -0.25) is 0 Å². The molecule has 0 amide bonds. The van der Waals surface area contributed by atoms with E-state index in [4.69, 9.17) is 44.7 Å². The van der Waals surface area contributed by atoms with Crippen molar-refractivity contribution in [2.75, 3.05) is 0 Å². The molecule has 0 saturated heterocycles. The average Bonchev–Trinajstić information content (AvgIpc) is 3.51. The first-order chi connectivity index (χ1) is 28.0. The summed E-state index contributed by atoms with van der Waals surface area (Å²) in [4.78, 5) is 12.6. The van der Waals surface area contributed by atoms with Gasteiger partial charge in [-0.25, -0.2) is 4.79 Å². The zero-order valence-electron chi connectivity index (χ0n) is 32.0. The van der Waals surface area contributed by atoms with Gasteiger partial charge >= 0.3 is 5.97 Å². The minimum atomic E-state index is -1.16. The SMILES string of the molecule is CC12CC3(C)CC(c4ccc(OC#N)cc4)(C1)CC(c1ccc(OC#N)cc1)(C2)C3.N#COc1ccc(C2(c3ccc(OC#N)cc3)OC(=O)c3ccccc32)cc1. The second-order valence-corrected chi connectivity index (χ2v) is 16.7. The van der Waals surface area contributed by atoms with Gasteiger partial charge in [0.2, 0.25) is 0 Å². The normalized spacial score (nSPS) is 25.2. The lowest BCUT2D eigenvalue weighted by atomic mass is 9.34. The first-order valence-corrected chi connectivity index (χ1v) is 19.0. The molecule has 5 aliphatic rings. The quantitative estimate of drug-likeness (QED) is 0.110. The molecule has 58 heavy (non-hydrogen) atoms. The van der Waals surface area contributed by atoms with Gasteiger partial charge in [0.05, 0.1) is 5.56 Å². The summed E-state index contributed by atoms with van der Waals surface area (Å²) in [6.45, 7) is 4.96. The predicted octanol–water partition coefficient (Wildman–Crippen LogP) is 9.84. The third-order valence-corrected chi connectivity index (χ3v) is 12.5. The summed E-state index contributed by atoms with van der Waals surface area (Å²) in [5.41, 5.74) is 5.09. The van der Waals surface area contributed by atoms with Crippen LogP contribution in [0.3, 0.4) is 0 Å². The molecule has 4 bridgehead atoms. The number of hydrogen-bond donors (Lipinski definition) is 0. The minimum absolute atomic E-state index is 0.144. The van der Waals surface area contributed by atoms with Crippen LogP contribution in [0, 0.1) is 56.9 Å². The molecule has 5 aromatic rings. The van der Waals surface area contributed by atoms with E-state index < -0.39 is 11.6 Å². The number of hydrogen-bond acceptors (Lipinski definition) is 10. The molecule has 0 radical (unpaired) electrons. The lowest BCUT2D eigenvalue weighted by Gasteiger charge is -2.70. The fourth-order valence-electron chi connectivity index (χ4n) is 11.6. The molecule has 4 fully saturated rings. The van der Waals surface area contributed by atoms with Crippen LogP contribution in [0.1, 0.15) is 90.5 Å². The van der Waals surface area contributed by atoms with E-state index in [0.29, 0.717) is 56.1 Å². The van der Waals surface area contributed by atoms with Gasteiger partial charge in [0.25, 0.3) is 25.0 Å². The maximum absolute atomic E-state index is 12.6. The predicted molar refractivity (Wildman–Crippen MR) is 210 cm³/mol. The zero-order chi connectivity index (χ0) is 40.6. The molecule has 1 aliphatic heterocycles. The van der Waals surface area contributed by atoms with Crippen molar-refractivity contribution in [3.05, 3.63) is 155 Å². The van der Waals surface area contributed by atoms with E-state index in [1.54, 1.807) is 85.7 Å². The molecule has 0 aromatic heterocycles. The summed E-state index contributed by atoms with van der Waals surface area (Å²) in [6, 6.07) is 37.2. The summed E-state index contributed by atoms with van der Waals surface area (Å²) in [5, 5.41) is 35.0. The van der Waals surface area contributed by atoms with Crippen molar-refractivity contribution in [3.8, 4) is 48.0 Å². The Balaban J connectivity index is 0.000000162. The smallest absolute Gasteiger partial charge is 0.340 e. The van der Waals surface area contributed by atoms with Gasteiger partial charge in [-0.2, -0.15) is 0 Å². The lowest BCUT2D eigenvalue weighted by Crippen LogP contribution is -2.62. The van der Waals surface area contributed by atoms with Crippen LogP contribution in [0.15, 0.2) is 121 Å². The fraction of sp³-hybridized carbons (Fsp3) is 0.271. The van der Waals surface area contributed by atoms with Crippen molar-refractivity contribution >= 4 is 5.97 Å². The Morgan fingerprint density at radius 1 is 0.466 bits per heavy atom. The third kappa shape index (κ3) is 6.50. The highest BCUT2D eigenvalue weighted by Gasteiger charge is 2.66. The molecule has 10 nitrogen and oxygen atoms in total. The van der Waals surface area contributed by atoms with Crippen molar-refractivity contribution in [1.29, 1.82) is 21.0 Å². The van der Waals surface area contributed by atoms with Crippen LogP contribution >= 0.6 is 0 Å². The third-order valence-electron chi connectivity index (χ3n) is 12.5. The second-order valence-electron chi connectivity index (χ2n) is 16.7. The molecule has 0 N–H and O–H groups in total. The summed E-state index contributed by atoms with van der Waals surface area (Å²) >= 11 is 0. The number of esters is 1. The average molecular weight is 767 g/mol. The summed E-state index contributed by atoms with van der Waals surface area (Å²) in [6.07, 6.45) is 14.1. The summed E-state index contributed by atoms with van der Waals surface area (Å²) < 4.78 is 25.7. The van der Waals surface area contributed by atoms with Crippen molar-refractivity contribution in [3.63, 3.8) is 0 Å². The van der Waals surface area contributed by atoms with Gasteiger partial charge in [-0.1, -0.05) is 80.6 Å². The van der Waals surface area contributed by atoms with E-state index in [1.807, 2.05) is 36.4 Å². The van der Waals surface area contributed by atoms with Gasteiger partial charge in [0.1, 0.15) is 23.0 Å². The monoisotopic (exact) mass is 766 g/mol. The van der Waals surface area contributed by atoms with Gasteiger partial charge < -0.3 is 23.7 Å². The Kier molecular flexibility index (Phi) is 9.31. The van der Waals surface area contributed by atoms with Crippen LogP contribution in [0.4, 0.5) is 0 Å². The number of carbonyl (C=O) groups is 1. The van der Waals surface area contributed by atoms with Crippen LogP contribution in [0.25, 0.3) is 0 Å². The van der Waals surface area contributed by atoms with E-state index in [2.05, 4.69) is 38.1 Å². The van der Waals surface area contributed by atoms with Gasteiger partial charge in [0.15, 0.2) is 5.60 Å². The molecule has 0 spiro atoms. The number of cyclic esters (lactones) is 1. The van der Waals surface area contributed by atoms with Crippen LogP contribution in [-0.2, 0) is 21.2 Å².